The molecule has 1 N–H and O–H groups in total. The van der Waals surface area contributed by atoms with Crippen LogP contribution in [0.3, 0.4) is 0 Å². The number of ether oxygens (including phenoxy) is 3. The number of aromatic hydroxyl groups is 1. The Kier molecular flexibility index (Phi) is 4.20. The Balaban J connectivity index is 3.37. The molecule has 5 nitrogen and oxygen atoms in total. The monoisotopic (exact) mass is 240 g/mol. The van der Waals surface area contributed by atoms with Gasteiger partial charge in [-0.2, -0.15) is 0 Å². The molecule has 0 radical (unpaired) electrons. The van der Waals surface area contributed by atoms with Crippen molar-refractivity contribution in [1.29, 1.82) is 0 Å². The first-order valence-electron chi connectivity index (χ1n) is 5.18. The molecule has 0 saturated carbocycles. The standard InChI is InChI=1S/C12H16O5/c1-5-17-12(14)10-9(16-4)6-8(15-3)7(2)11(10)13/h6,13H,5H2,1-4H3. The van der Waals surface area contributed by atoms with Gasteiger partial charge >= 0.3 is 5.97 Å². The van der Waals surface area contributed by atoms with Crippen LogP contribution in [0.25, 0.3) is 0 Å². The smallest absolute Gasteiger partial charge is 0.345 e. The molecule has 0 fully saturated rings. The van der Waals surface area contributed by atoms with E-state index in [2.05, 4.69) is 0 Å². The van der Waals surface area contributed by atoms with Crippen molar-refractivity contribution in [3.05, 3.63) is 17.2 Å². The van der Waals surface area contributed by atoms with Gasteiger partial charge in [-0.1, -0.05) is 0 Å². The van der Waals surface area contributed by atoms with Crippen LogP contribution in [0.5, 0.6) is 17.2 Å². The minimum Gasteiger partial charge on any atom is -0.506 e. The number of hydrogen-bond donors (Lipinski definition) is 1. The largest absolute Gasteiger partial charge is 0.506 e. The number of rotatable bonds is 4. The van der Waals surface area contributed by atoms with Crippen molar-refractivity contribution in [2.45, 2.75) is 13.8 Å². The maximum absolute atomic E-state index is 11.7. The number of benzene rings is 1. The number of carbonyl (C=O) groups excluding carboxylic acids is 1. The highest BCUT2D eigenvalue weighted by Gasteiger charge is 2.23. The molecule has 0 saturated heterocycles. The van der Waals surface area contributed by atoms with Crippen LogP contribution in [-0.4, -0.2) is 31.9 Å². The zero-order chi connectivity index (χ0) is 13.0. The Morgan fingerprint density at radius 2 is 1.88 bits per heavy atom. The maximum atomic E-state index is 11.7. The Hall–Kier alpha value is -1.91. The van der Waals surface area contributed by atoms with Crippen molar-refractivity contribution < 1.29 is 24.1 Å². The van der Waals surface area contributed by atoms with Crippen molar-refractivity contribution in [3.8, 4) is 17.2 Å². The van der Waals surface area contributed by atoms with Gasteiger partial charge in [0.2, 0.25) is 0 Å². The van der Waals surface area contributed by atoms with Crippen LogP contribution in [0.15, 0.2) is 6.07 Å². The number of carbonyl (C=O) groups is 1. The third-order valence-corrected chi connectivity index (χ3v) is 2.39. The normalized spacial score (nSPS) is 9.88. The first-order chi connectivity index (χ1) is 8.06. The minimum absolute atomic E-state index is 0.0210. The van der Waals surface area contributed by atoms with Gasteiger partial charge in [0.15, 0.2) is 0 Å². The number of methoxy groups -OCH3 is 2. The summed E-state index contributed by atoms with van der Waals surface area (Å²) in [5.41, 5.74) is 0.490. The molecule has 0 aliphatic rings. The highest BCUT2D eigenvalue weighted by Crippen LogP contribution is 2.38. The molecule has 94 valence electrons. The summed E-state index contributed by atoms with van der Waals surface area (Å²) >= 11 is 0. The summed E-state index contributed by atoms with van der Waals surface area (Å²) in [6, 6.07) is 1.54. The lowest BCUT2D eigenvalue weighted by molar-refractivity contribution is 0.0519. The molecule has 1 aromatic carbocycles. The molecule has 0 aliphatic carbocycles. The fourth-order valence-corrected chi connectivity index (χ4v) is 1.49. The van der Waals surface area contributed by atoms with E-state index in [1.807, 2.05) is 0 Å². The molecule has 0 unspecified atom stereocenters. The van der Waals surface area contributed by atoms with E-state index in [-0.39, 0.29) is 23.7 Å². The fraction of sp³-hybridized carbons (Fsp3) is 0.417. The van der Waals surface area contributed by atoms with Gasteiger partial charge in [-0.25, -0.2) is 4.79 Å². The quantitative estimate of drug-likeness (QED) is 0.814. The van der Waals surface area contributed by atoms with Gasteiger partial charge in [-0.15, -0.1) is 0 Å². The molecule has 1 rings (SSSR count). The predicted molar refractivity (Wildman–Crippen MR) is 61.9 cm³/mol. The second kappa shape index (κ2) is 5.43. The Morgan fingerprint density at radius 1 is 1.29 bits per heavy atom. The lowest BCUT2D eigenvalue weighted by Gasteiger charge is -2.14. The summed E-state index contributed by atoms with van der Waals surface area (Å²) in [5, 5.41) is 9.96. The van der Waals surface area contributed by atoms with E-state index < -0.39 is 5.97 Å². The van der Waals surface area contributed by atoms with Crippen LogP contribution in [-0.2, 0) is 4.74 Å². The van der Waals surface area contributed by atoms with E-state index >= 15 is 0 Å². The average Bonchev–Trinajstić information content (AvgIpc) is 2.32. The molecule has 17 heavy (non-hydrogen) atoms. The fourth-order valence-electron chi connectivity index (χ4n) is 1.49. The minimum atomic E-state index is -0.618. The third-order valence-electron chi connectivity index (χ3n) is 2.39. The van der Waals surface area contributed by atoms with Gasteiger partial charge in [-0.05, 0) is 13.8 Å². The van der Waals surface area contributed by atoms with Gasteiger partial charge in [0.25, 0.3) is 0 Å². The second-order valence-corrected chi connectivity index (χ2v) is 3.35. The molecule has 0 amide bonds. The summed E-state index contributed by atoms with van der Waals surface area (Å²) in [7, 11) is 2.89. The van der Waals surface area contributed by atoms with Crippen LogP contribution in [0.2, 0.25) is 0 Å². The molecule has 0 atom stereocenters. The summed E-state index contributed by atoms with van der Waals surface area (Å²) in [6.45, 7) is 3.57. The highest BCUT2D eigenvalue weighted by molar-refractivity contribution is 5.96. The molecule has 0 aromatic heterocycles. The van der Waals surface area contributed by atoms with Gasteiger partial charge in [-0.3, -0.25) is 0 Å². The molecular formula is C12H16O5. The molecule has 0 spiro atoms. The van der Waals surface area contributed by atoms with Crippen molar-refractivity contribution in [1.82, 2.24) is 0 Å². The Morgan fingerprint density at radius 3 is 2.35 bits per heavy atom. The summed E-state index contributed by atoms with van der Waals surface area (Å²) in [6.07, 6.45) is 0. The van der Waals surface area contributed by atoms with Gasteiger partial charge in [0, 0.05) is 11.6 Å². The maximum Gasteiger partial charge on any atom is 0.345 e. The van der Waals surface area contributed by atoms with Crippen molar-refractivity contribution >= 4 is 5.97 Å². The second-order valence-electron chi connectivity index (χ2n) is 3.35. The molecule has 0 aliphatic heterocycles. The van der Waals surface area contributed by atoms with Crippen LogP contribution in [0, 0.1) is 6.92 Å². The number of phenolic OH excluding ortho intramolecular Hbond substituents is 1. The highest BCUT2D eigenvalue weighted by atomic mass is 16.5. The average molecular weight is 240 g/mol. The molecule has 0 heterocycles. The van der Waals surface area contributed by atoms with Crippen molar-refractivity contribution in [2.75, 3.05) is 20.8 Å². The first-order valence-corrected chi connectivity index (χ1v) is 5.18. The lowest BCUT2D eigenvalue weighted by atomic mass is 10.1. The van der Waals surface area contributed by atoms with E-state index in [1.165, 1.54) is 14.2 Å². The van der Waals surface area contributed by atoms with Crippen molar-refractivity contribution in [2.24, 2.45) is 0 Å². The lowest BCUT2D eigenvalue weighted by Crippen LogP contribution is -2.08. The van der Waals surface area contributed by atoms with E-state index in [1.54, 1.807) is 19.9 Å². The molecule has 1 aromatic rings. The topological polar surface area (TPSA) is 65.0 Å². The predicted octanol–water partition coefficient (Wildman–Crippen LogP) is 1.89. The zero-order valence-electron chi connectivity index (χ0n) is 10.4. The SMILES string of the molecule is CCOC(=O)c1c(OC)cc(OC)c(C)c1O. The summed E-state index contributed by atoms with van der Waals surface area (Å²) < 4.78 is 15.0. The molecule has 0 bridgehead atoms. The van der Waals surface area contributed by atoms with Crippen LogP contribution in [0.4, 0.5) is 0 Å². The summed E-state index contributed by atoms with van der Waals surface area (Å²) in [4.78, 5) is 11.7. The van der Waals surface area contributed by atoms with E-state index in [0.29, 0.717) is 11.3 Å². The zero-order valence-corrected chi connectivity index (χ0v) is 10.4. The van der Waals surface area contributed by atoms with Gasteiger partial charge in [0.05, 0.1) is 20.8 Å². The van der Waals surface area contributed by atoms with Crippen LogP contribution in [0.1, 0.15) is 22.8 Å². The third kappa shape index (κ3) is 2.43. The molecular weight excluding hydrogens is 224 g/mol. The first kappa shape index (κ1) is 13.2. The molecule has 5 heteroatoms. The van der Waals surface area contributed by atoms with Gasteiger partial charge in [0.1, 0.15) is 22.8 Å². The number of hydrogen-bond acceptors (Lipinski definition) is 5. The van der Waals surface area contributed by atoms with E-state index in [9.17, 15) is 9.90 Å². The van der Waals surface area contributed by atoms with Crippen LogP contribution < -0.4 is 9.47 Å². The Bertz CT molecular complexity index is 425. The number of esters is 1. The van der Waals surface area contributed by atoms with Crippen molar-refractivity contribution in [3.63, 3.8) is 0 Å². The van der Waals surface area contributed by atoms with Gasteiger partial charge < -0.3 is 19.3 Å². The Labute approximate surface area is 99.9 Å². The van der Waals surface area contributed by atoms with E-state index in [0.717, 1.165) is 0 Å². The summed E-state index contributed by atoms with van der Waals surface area (Å²) in [5.74, 6) is -0.122. The number of phenols is 1. The van der Waals surface area contributed by atoms with E-state index in [4.69, 9.17) is 14.2 Å². The van der Waals surface area contributed by atoms with Crippen LogP contribution >= 0.6 is 0 Å².